The van der Waals surface area contributed by atoms with Gasteiger partial charge in [0.1, 0.15) is 11.5 Å². The van der Waals surface area contributed by atoms with E-state index in [9.17, 15) is 9.59 Å². The lowest BCUT2D eigenvalue weighted by Gasteiger charge is -2.35. The lowest BCUT2D eigenvalue weighted by Crippen LogP contribution is -2.25. The first-order valence-corrected chi connectivity index (χ1v) is 17.0. The molecule has 50 heavy (non-hydrogen) atoms. The first kappa shape index (κ1) is 29.7. The Balaban J connectivity index is 0.987. The van der Waals surface area contributed by atoms with Gasteiger partial charge in [-0.05, 0) is 73.5 Å². The summed E-state index contributed by atoms with van der Waals surface area (Å²) in [5.74, 6) is 3.22. The summed E-state index contributed by atoms with van der Waals surface area (Å²) in [7, 11) is 0. The van der Waals surface area contributed by atoms with E-state index < -0.39 is 0 Å². The summed E-state index contributed by atoms with van der Waals surface area (Å²) in [4.78, 5) is 32.0. The molecule has 2 aliphatic heterocycles. The minimum atomic E-state index is -0.113. The summed E-state index contributed by atoms with van der Waals surface area (Å²) in [6, 6.07) is 38.2. The minimum Gasteiger partial charge on any atom is -0.457 e. The molecule has 5 aromatic carbocycles. The Kier molecular flexibility index (Phi) is 7.28. The number of ketones is 2. The van der Waals surface area contributed by atoms with Crippen molar-refractivity contribution in [2.45, 2.75) is 25.7 Å². The van der Waals surface area contributed by atoms with Crippen molar-refractivity contribution in [1.82, 2.24) is 0 Å². The van der Waals surface area contributed by atoms with Crippen molar-refractivity contribution >= 4 is 34.3 Å². The Morgan fingerprint density at radius 1 is 0.480 bits per heavy atom. The maximum Gasteiger partial charge on any atom is 0.193 e. The van der Waals surface area contributed by atoms with Gasteiger partial charge in [0.25, 0.3) is 0 Å². The van der Waals surface area contributed by atoms with Gasteiger partial charge >= 0.3 is 0 Å². The molecule has 9 rings (SSSR count). The number of rotatable bonds is 6. The second-order valence-electron chi connectivity index (χ2n) is 12.6. The van der Waals surface area contributed by atoms with Crippen LogP contribution in [0.1, 0.15) is 57.5 Å². The number of benzene rings is 5. The number of nitrogens with zero attached hydrogens (tertiary/aromatic N) is 2. The lowest BCUT2D eigenvalue weighted by molar-refractivity contribution is 0.102. The Hall–Kier alpha value is -6.40. The molecule has 0 unspecified atom stereocenters. The molecule has 0 atom stereocenters. The van der Waals surface area contributed by atoms with E-state index in [1.54, 1.807) is 24.3 Å². The molecule has 0 spiro atoms. The van der Waals surface area contributed by atoms with Gasteiger partial charge in [-0.3, -0.25) is 9.59 Å². The molecule has 0 fully saturated rings. The smallest absolute Gasteiger partial charge is 0.193 e. The second-order valence-corrected chi connectivity index (χ2v) is 12.6. The number of ether oxygens (including phenoxy) is 2. The van der Waals surface area contributed by atoms with Gasteiger partial charge in [-0.2, -0.15) is 0 Å². The molecule has 5 aromatic rings. The van der Waals surface area contributed by atoms with E-state index >= 15 is 0 Å². The highest BCUT2D eigenvalue weighted by Gasteiger charge is 2.30. The van der Waals surface area contributed by atoms with Crippen molar-refractivity contribution in [2.75, 3.05) is 9.80 Å². The number of carbonyl (C=O) groups excluding carboxylic acids is 2. The highest BCUT2D eigenvalue weighted by molar-refractivity contribution is 6.12. The summed E-state index contributed by atoms with van der Waals surface area (Å²) in [5, 5.41) is 0. The van der Waals surface area contributed by atoms with Crippen LogP contribution in [0.2, 0.25) is 0 Å². The highest BCUT2D eigenvalue weighted by atomic mass is 16.5. The zero-order valence-electron chi connectivity index (χ0n) is 27.2. The van der Waals surface area contributed by atoms with E-state index in [1.807, 2.05) is 97.1 Å². The summed E-state index contributed by atoms with van der Waals surface area (Å²) in [6.07, 6.45) is 12.0. The predicted octanol–water partition coefficient (Wildman–Crippen LogP) is 10.3. The van der Waals surface area contributed by atoms with Gasteiger partial charge in [-0.15, -0.1) is 0 Å². The molecule has 0 radical (unpaired) electrons. The zero-order chi connectivity index (χ0) is 33.6. The normalized spacial score (nSPS) is 15.8. The summed E-state index contributed by atoms with van der Waals surface area (Å²) in [5.41, 5.74) is 7.75. The lowest BCUT2D eigenvalue weighted by atomic mass is 9.97. The zero-order valence-corrected chi connectivity index (χ0v) is 27.2. The van der Waals surface area contributed by atoms with Crippen LogP contribution in [-0.4, -0.2) is 11.6 Å². The van der Waals surface area contributed by atoms with Crippen LogP contribution in [0.15, 0.2) is 169 Å². The predicted molar refractivity (Wildman–Crippen MR) is 195 cm³/mol. The Labute approximate surface area is 290 Å². The SMILES string of the molecule is O=C(c1ccc(C(=O)c2cccc(N3C4=C(CCC=C4)Oc4ccccc43)c2)cc1)c1cccc(N2C3=C(CCC=C3)Oc3ccccc32)c1. The molecular formula is C44H32N2O4. The molecule has 2 aliphatic carbocycles. The van der Waals surface area contributed by atoms with Gasteiger partial charge in [-0.25, -0.2) is 0 Å². The van der Waals surface area contributed by atoms with Crippen LogP contribution in [0.5, 0.6) is 11.5 Å². The minimum absolute atomic E-state index is 0.113. The van der Waals surface area contributed by atoms with E-state index in [1.165, 1.54) is 0 Å². The summed E-state index contributed by atoms with van der Waals surface area (Å²) in [6.45, 7) is 0. The fourth-order valence-electron chi connectivity index (χ4n) is 7.08. The maximum absolute atomic E-state index is 13.8. The number of hydrogen-bond acceptors (Lipinski definition) is 6. The number of anilines is 4. The van der Waals surface area contributed by atoms with Crippen molar-refractivity contribution < 1.29 is 19.1 Å². The van der Waals surface area contributed by atoms with Crippen LogP contribution in [0.25, 0.3) is 0 Å². The van der Waals surface area contributed by atoms with Crippen LogP contribution in [0.4, 0.5) is 22.7 Å². The van der Waals surface area contributed by atoms with Gasteiger partial charge in [0.15, 0.2) is 23.1 Å². The number of fused-ring (bicyclic) bond motifs is 2. The van der Waals surface area contributed by atoms with Crippen molar-refractivity contribution in [3.8, 4) is 11.5 Å². The van der Waals surface area contributed by atoms with Gasteiger partial charge in [0.05, 0.1) is 22.8 Å². The first-order chi connectivity index (χ1) is 24.6. The summed E-state index contributed by atoms with van der Waals surface area (Å²) < 4.78 is 12.5. The van der Waals surface area contributed by atoms with E-state index in [2.05, 4.69) is 34.1 Å². The third kappa shape index (κ3) is 5.13. The van der Waals surface area contributed by atoms with Crippen molar-refractivity contribution in [3.05, 3.63) is 191 Å². The molecule has 0 amide bonds. The Morgan fingerprint density at radius 2 is 0.920 bits per heavy atom. The van der Waals surface area contributed by atoms with Gasteiger partial charge in [0, 0.05) is 46.5 Å². The van der Waals surface area contributed by atoms with Crippen LogP contribution in [-0.2, 0) is 0 Å². The van der Waals surface area contributed by atoms with Crippen molar-refractivity contribution in [3.63, 3.8) is 0 Å². The monoisotopic (exact) mass is 652 g/mol. The van der Waals surface area contributed by atoms with Crippen LogP contribution in [0.3, 0.4) is 0 Å². The third-order valence-electron chi connectivity index (χ3n) is 9.50. The number of carbonyl (C=O) groups is 2. The second kappa shape index (κ2) is 12.2. The average molecular weight is 653 g/mol. The van der Waals surface area contributed by atoms with E-state index in [0.29, 0.717) is 22.3 Å². The fraction of sp³-hybridized carbons (Fsp3) is 0.0909. The molecular weight excluding hydrogens is 620 g/mol. The van der Waals surface area contributed by atoms with E-state index in [4.69, 9.17) is 9.47 Å². The molecule has 2 heterocycles. The number of para-hydroxylation sites is 4. The van der Waals surface area contributed by atoms with E-state index in [0.717, 1.165) is 82.8 Å². The molecule has 0 aromatic heterocycles. The average Bonchev–Trinajstić information content (AvgIpc) is 3.18. The first-order valence-electron chi connectivity index (χ1n) is 17.0. The standard InChI is InChI=1S/C44H32N2O4/c47-43(31-11-9-13-33(27-31)45-35-15-1-5-19-39(35)49-40-20-6-2-16-36(40)45)29-23-25-30(26-24-29)44(48)32-12-10-14-34(28-32)46-37-17-3-7-21-41(37)50-42-22-8-4-18-38(42)46/h1-5,7,9-19,21,23-28H,6,8,20,22H2. The maximum atomic E-state index is 13.8. The van der Waals surface area contributed by atoms with E-state index in [-0.39, 0.29) is 11.6 Å². The number of hydrogen-bond donors (Lipinski definition) is 0. The topological polar surface area (TPSA) is 59.1 Å². The fourth-order valence-corrected chi connectivity index (χ4v) is 7.08. The molecule has 242 valence electrons. The molecule has 6 heteroatoms. The number of allylic oxidation sites excluding steroid dienone is 6. The molecule has 0 bridgehead atoms. The molecule has 0 saturated heterocycles. The molecule has 0 saturated carbocycles. The quantitative estimate of drug-likeness (QED) is 0.170. The Morgan fingerprint density at radius 3 is 1.38 bits per heavy atom. The van der Waals surface area contributed by atoms with Gasteiger partial charge in [0.2, 0.25) is 0 Å². The van der Waals surface area contributed by atoms with Gasteiger partial charge < -0.3 is 19.3 Å². The van der Waals surface area contributed by atoms with Gasteiger partial charge in [-0.1, -0.05) is 84.9 Å². The highest BCUT2D eigenvalue weighted by Crippen LogP contribution is 2.46. The Bertz CT molecular complexity index is 2160. The van der Waals surface area contributed by atoms with Crippen molar-refractivity contribution in [2.24, 2.45) is 0 Å². The van der Waals surface area contributed by atoms with Crippen LogP contribution < -0.4 is 19.3 Å². The molecule has 0 N–H and O–H groups in total. The van der Waals surface area contributed by atoms with Crippen LogP contribution >= 0.6 is 0 Å². The largest absolute Gasteiger partial charge is 0.457 e. The molecule has 4 aliphatic rings. The van der Waals surface area contributed by atoms with Crippen molar-refractivity contribution in [1.29, 1.82) is 0 Å². The van der Waals surface area contributed by atoms with Crippen LogP contribution in [0, 0.1) is 0 Å². The summed E-state index contributed by atoms with van der Waals surface area (Å²) >= 11 is 0. The third-order valence-corrected chi connectivity index (χ3v) is 9.50. The molecule has 6 nitrogen and oxygen atoms in total.